The molecule has 2 aromatic rings. The Kier molecular flexibility index (Phi) is 5.94. The Morgan fingerprint density at radius 3 is 2.42 bits per heavy atom. The van der Waals surface area contributed by atoms with Crippen molar-refractivity contribution in [3.05, 3.63) is 58.6 Å². The Morgan fingerprint density at radius 2 is 1.85 bits per heavy atom. The average molecular weight is 394 g/mol. The maximum atomic E-state index is 12.0. The van der Waals surface area contributed by atoms with Crippen LogP contribution in [0.1, 0.15) is 15.9 Å². The van der Waals surface area contributed by atoms with Gasteiger partial charge >= 0.3 is 5.97 Å². The minimum atomic E-state index is -4.11. The molecule has 134 valence electrons. The number of halogens is 1. The monoisotopic (exact) mass is 393 g/mol. The Balaban J connectivity index is 2.00. The highest BCUT2D eigenvalue weighted by Crippen LogP contribution is 2.21. The van der Waals surface area contributed by atoms with Crippen LogP contribution in [0.5, 0.6) is 0 Å². The molecule has 0 radical (unpaired) electrons. The number of esters is 1. The second-order valence-corrected chi connectivity index (χ2v) is 6.94. The molecule has 0 saturated carbocycles. The van der Waals surface area contributed by atoms with Crippen LogP contribution in [0.3, 0.4) is 0 Å². The zero-order valence-corrected chi connectivity index (χ0v) is 14.7. The summed E-state index contributed by atoms with van der Waals surface area (Å²) < 4.78 is 27.6. The van der Waals surface area contributed by atoms with Crippen molar-refractivity contribution >= 4 is 39.2 Å². The number of ether oxygens (including phenoxy) is 1. The lowest BCUT2D eigenvalue weighted by Crippen LogP contribution is -2.21. The quantitative estimate of drug-likeness (QED) is 0.740. The van der Waals surface area contributed by atoms with Crippen LogP contribution < -0.4 is 10.5 Å². The lowest BCUT2D eigenvalue weighted by Gasteiger charge is -2.08. The second kappa shape index (κ2) is 7.97. The van der Waals surface area contributed by atoms with Crippen molar-refractivity contribution in [2.75, 3.05) is 11.9 Å². The van der Waals surface area contributed by atoms with Gasteiger partial charge in [-0.2, -0.15) is 5.26 Å². The van der Waals surface area contributed by atoms with E-state index in [1.165, 1.54) is 36.4 Å². The third kappa shape index (κ3) is 5.03. The van der Waals surface area contributed by atoms with Crippen LogP contribution in [-0.2, 0) is 19.6 Å². The maximum Gasteiger partial charge on any atom is 0.338 e. The number of anilines is 1. The summed E-state index contributed by atoms with van der Waals surface area (Å²) in [6.07, 6.45) is 0. The van der Waals surface area contributed by atoms with Gasteiger partial charge in [-0.3, -0.25) is 4.79 Å². The highest BCUT2D eigenvalue weighted by molar-refractivity contribution is 7.89. The maximum absolute atomic E-state index is 12.0. The number of primary sulfonamides is 1. The Labute approximate surface area is 154 Å². The topological polar surface area (TPSA) is 139 Å². The zero-order chi connectivity index (χ0) is 19.3. The first-order valence-electron chi connectivity index (χ1n) is 7.00. The van der Waals surface area contributed by atoms with E-state index in [1.807, 2.05) is 6.07 Å². The van der Waals surface area contributed by atoms with Gasteiger partial charge in [-0.05, 0) is 42.5 Å². The normalized spacial score (nSPS) is 10.7. The highest BCUT2D eigenvalue weighted by Gasteiger charge is 2.18. The molecular weight excluding hydrogens is 382 g/mol. The number of amides is 1. The van der Waals surface area contributed by atoms with Crippen molar-refractivity contribution in [1.82, 2.24) is 0 Å². The van der Waals surface area contributed by atoms with Gasteiger partial charge in [0.25, 0.3) is 5.91 Å². The Hall–Kier alpha value is -2.93. The molecule has 0 aliphatic heterocycles. The number of nitrogens with zero attached hydrogens (tertiary/aromatic N) is 1. The van der Waals surface area contributed by atoms with Gasteiger partial charge in [-0.15, -0.1) is 0 Å². The summed E-state index contributed by atoms with van der Waals surface area (Å²) >= 11 is 5.73. The van der Waals surface area contributed by atoms with Gasteiger partial charge in [0.2, 0.25) is 10.0 Å². The second-order valence-electron chi connectivity index (χ2n) is 5.00. The minimum Gasteiger partial charge on any atom is -0.452 e. The Morgan fingerprint density at radius 1 is 1.19 bits per heavy atom. The molecular formula is C16H12ClN3O5S. The Bertz CT molecular complexity index is 998. The molecule has 3 N–H and O–H groups in total. The van der Waals surface area contributed by atoms with E-state index in [0.717, 1.165) is 6.07 Å². The van der Waals surface area contributed by atoms with Crippen LogP contribution in [0.4, 0.5) is 5.69 Å². The molecule has 1 amide bonds. The third-order valence-corrected chi connectivity index (χ3v) is 4.50. The molecule has 0 unspecified atom stereocenters. The summed E-state index contributed by atoms with van der Waals surface area (Å²) in [6.45, 7) is -0.591. The fourth-order valence-corrected chi connectivity index (χ4v) is 2.96. The average Bonchev–Trinajstić information content (AvgIpc) is 2.59. The van der Waals surface area contributed by atoms with Gasteiger partial charge in [0, 0.05) is 5.69 Å². The number of nitrogens with two attached hydrogens (primary N) is 1. The first kappa shape index (κ1) is 19.4. The summed E-state index contributed by atoms with van der Waals surface area (Å²) in [4.78, 5) is 23.3. The first-order valence-corrected chi connectivity index (χ1v) is 8.92. The van der Waals surface area contributed by atoms with Crippen LogP contribution in [0, 0.1) is 11.3 Å². The van der Waals surface area contributed by atoms with Crippen molar-refractivity contribution in [1.29, 1.82) is 5.26 Å². The fraction of sp³-hybridized carbons (Fsp3) is 0.0625. The molecule has 26 heavy (non-hydrogen) atoms. The van der Waals surface area contributed by atoms with Crippen LogP contribution in [-0.4, -0.2) is 26.9 Å². The molecule has 0 aliphatic carbocycles. The SMILES string of the molecule is N#Cc1ccc(NC(=O)COC(=O)c2ccc(Cl)c(S(N)(=O)=O)c2)cc1. The van der Waals surface area contributed by atoms with Crippen molar-refractivity contribution in [3.8, 4) is 6.07 Å². The molecule has 0 saturated heterocycles. The molecule has 0 aliphatic rings. The van der Waals surface area contributed by atoms with Crippen molar-refractivity contribution < 1.29 is 22.7 Å². The van der Waals surface area contributed by atoms with Gasteiger partial charge in [0.1, 0.15) is 4.90 Å². The number of rotatable bonds is 5. The summed E-state index contributed by atoms with van der Waals surface area (Å²) in [5.41, 5.74) is 0.737. The number of hydrogen-bond acceptors (Lipinski definition) is 6. The van der Waals surface area contributed by atoms with E-state index >= 15 is 0 Å². The lowest BCUT2D eigenvalue weighted by atomic mass is 10.2. The van der Waals surface area contributed by atoms with Gasteiger partial charge in [-0.1, -0.05) is 11.6 Å². The van der Waals surface area contributed by atoms with Gasteiger partial charge in [0.05, 0.1) is 22.2 Å². The van der Waals surface area contributed by atoms with Crippen molar-refractivity contribution in [2.45, 2.75) is 4.90 Å². The molecule has 8 nitrogen and oxygen atoms in total. The molecule has 0 atom stereocenters. The molecule has 0 heterocycles. The van der Waals surface area contributed by atoms with Gasteiger partial charge in [0.15, 0.2) is 6.61 Å². The van der Waals surface area contributed by atoms with Crippen LogP contribution in [0.25, 0.3) is 0 Å². The summed E-state index contributed by atoms with van der Waals surface area (Å²) in [6, 6.07) is 11.4. The van der Waals surface area contributed by atoms with E-state index in [4.69, 9.17) is 26.7 Å². The molecule has 0 fully saturated rings. The largest absolute Gasteiger partial charge is 0.452 e. The van der Waals surface area contributed by atoms with Crippen LogP contribution in [0.15, 0.2) is 47.4 Å². The van der Waals surface area contributed by atoms with E-state index in [9.17, 15) is 18.0 Å². The van der Waals surface area contributed by atoms with Crippen molar-refractivity contribution in [2.24, 2.45) is 5.14 Å². The zero-order valence-electron chi connectivity index (χ0n) is 13.1. The van der Waals surface area contributed by atoms with E-state index in [-0.39, 0.29) is 10.6 Å². The van der Waals surface area contributed by atoms with E-state index in [0.29, 0.717) is 11.3 Å². The number of carbonyl (C=O) groups excluding carboxylic acids is 2. The molecule has 2 rings (SSSR count). The van der Waals surface area contributed by atoms with Crippen LogP contribution in [0.2, 0.25) is 5.02 Å². The number of sulfonamides is 1. The standard InChI is InChI=1S/C16H12ClN3O5S/c17-13-6-3-11(7-14(13)26(19,23)24)16(22)25-9-15(21)20-12-4-1-10(8-18)2-5-12/h1-7H,9H2,(H,20,21)(H2,19,23,24). The smallest absolute Gasteiger partial charge is 0.338 e. The molecule has 0 spiro atoms. The van der Waals surface area contributed by atoms with E-state index in [2.05, 4.69) is 5.32 Å². The van der Waals surface area contributed by atoms with E-state index in [1.54, 1.807) is 0 Å². The first-order chi connectivity index (χ1) is 12.2. The predicted octanol–water partition coefficient (Wildman–Crippen LogP) is 1.65. The molecule has 10 heteroatoms. The highest BCUT2D eigenvalue weighted by atomic mass is 35.5. The van der Waals surface area contributed by atoms with Crippen molar-refractivity contribution in [3.63, 3.8) is 0 Å². The summed E-state index contributed by atoms with van der Waals surface area (Å²) in [7, 11) is -4.11. The number of nitrogens with one attached hydrogen (secondary N) is 1. The number of benzene rings is 2. The predicted molar refractivity (Wildman–Crippen MR) is 92.9 cm³/mol. The van der Waals surface area contributed by atoms with Gasteiger partial charge in [-0.25, -0.2) is 18.4 Å². The summed E-state index contributed by atoms with van der Waals surface area (Å²) in [5.74, 6) is -1.52. The minimum absolute atomic E-state index is 0.121. The lowest BCUT2D eigenvalue weighted by molar-refractivity contribution is -0.119. The number of nitriles is 1. The van der Waals surface area contributed by atoms with Gasteiger partial charge < -0.3 is 10.1 Å². The number of carbonyl (C=O) groups is 2. The number of hydrogen-bond donors (Lipinski definition) is 2. The summed E-state index contributed by atoms with van der Waals surface area (Å²) in [5, 5.41) is 16.1. The van der Waals surface area contributed by atoms with E-state index < -0.39 is 33.4 Å². The molecule has 2 aromatic carbocycles. The fourth-order valence-electron chi connectivity index (χ4n) is 1.89. The third-order valence-electron chi connectivity index (χ3n) is 3.11. The van der Waals surface area contributed by atoms with Crippen LogP contribution >= 0.6 is 11.6 Å². The molecule has 0 bridgehead atoms. The molecule has 0 aromatic heterocycles.